The average Bonchev–Trinajstić information content (AvgIpc) is 2.00. The summed E-state index contributed by atoms with van der Waals surface area (Å²) in [6, 6.07) is 0. The molecule has 0 radical (unpaired) electrons. The lowest BCUT2D eigenvalue weighted by Crippen LogP contribution is -1.97. The summed E-state index contributed by atoms with van der Waals surface area (Å²) >= 11 is 8.48. The highest BCUT2D eigenvalue weighted by molar-refractivity contribution is 9.10. The maximum Gasteiger partial charge on any atom is 0.144 e. The summed E-state index contributed by atoms with van der Waals surface area (Å²) in [4.78, 5) is 7.32. The molecule has 2 nitrogen and oxygen atoms in total. The average molecular weight is 247 g/mol. The summed E-state index contributed by atoms with van der Waals surface area (Å²) in [7, 11) is 0. The molecule has 12 heavy (non-hydrogen) atoms. The molecule has 0 aliphatic heterocycles. The number of aromatic amines is 1. The number of nitrogens with one attached hydrogen (secondary N) is 1. The molecule has 0 spiro atoms. The Kier molecular flexibility index (Phi) is 3.40. The highest BCUT2D eigenvalue weighted by atomic mass is 79.9. The molecule has 0 atom stereocenters. The van der Waals surface area contributed by atoms with Crippen LogP contribution in [0.3, 0.4) is 0 Å². The van der Waals surface area contributed by atoms with Crippen LogP contribution >= 0.6 is 28.1 Å². The number of halogens is 1. The first-order valence-electron chi connectivity index (χ1n) is 3.90. The molecule has 0 fully saturated rings. The van der Waals surface area contributed by atoms with Crippen molar-refractivity contribution in [2.45, 2.75) is 26.7 Å². The van der Waals surface area contributed by atoms with E-state index in [1.54, 1.807) is 0 Å². The maximum absolute atomic E-state index is 5.06. The van der Waals surface area contributed by atoms with Gasteiger partial charge in [0.1, 0.15) is 10.5 Å². The van der Waals surface area contributed by atoms with Gasteiger partial charge in [-0.1, -0.05) is 25.6 Å². The van der Waals surface area contributed by atoms with Crippen LogP contribution in [0.4, 0.5) is 0 Å². The van der Waals surface area contributed by atoms with Crippen LogP contribution in [-0.2, 0) is 6.42 Å². The number of nitrogens with zero attached hydrogens (tertiary/aromatic N) is 1. The fourth-order valence-electron chi connectivity index (χ4n) is 1.05. The van der Waals surface area contributed by atoms with E-state index in [0.29, 0.717) is 4.64 Å². The number of aromatic nitrogens is 2. The predicted molar refractivity (Wildman–Crippen MR) is 55.9 cm³/mol. The van der Waals surface area contributed by atoms with E-state index in [2.05, 4.69) is 32.8 Å². The summed E-state index contributed by atoms with van der Waals surface area (Å²) in [6.07, 6.45) is 2.11. The second-order valence-corrected chi connectivity index (χ2v) is 3.85. The van der Waals surface area contributed by atoms with Crippen LogP contribution in [0.25, 0.3) is 0 Å². The van der Waals surface area contributed by atoms with E-state index < -0.39 is 0 Å². The van der Waals surface area contributed by atoms with Gasteiger partial charge in [-0.05, 0) is 29.3 Å². The fourth-order valence-corrected chi connectivity index (χ4v) is 1.70. The molecule has 0 saturated carbocycles. The Hall–Kier alpha value is -0.220. The molecule has 4 heteroatoms. The largest absolute Gasteiger partial charge is 0.346 e. The van der Waals surface area contributed by atoms with E-state index >= 15 is 0 Å². The van der Waals surface area contributed by atoms with Crippen LogP contribution in [0.1, 0.15) is 24.9 Å². The van der Waals surface area contributed by atoms with Crippen LogP contribution in [-0.4, -0.2) is 9.97 Å². The monoisotopic (exact) mass is 246 g/mol. The fraction of sp³-hybridized carbons (Fsp3) is 0.500. The number of hydrogen-bond acceptors (Lipinski definition) is 2. The van der Waals surface area contributed by atoms with Crippen molar-refractivity contribution < 1.29 is 0 Å². The van der Waals surface area contributed by atoms with Crippen molar-refractivity contribution in [3.05, 3.63) is 20.6 Å². The molecule has 0 aliphatic rings. The van der Waals surface area contributed by atoms with Crippen molar-refractivity contribution in [1.82, 2.24) is 9.97 Å². The van der Waals surface area contributed by atoms with Gasteiger partial charge < -0.3 is 4.98 Å². The van der Waals surface area contributed by atoms with Crippen molar-refractivity contribution in [2.75, 3.05) is 0 Å². The Labute approximate surface area is 85.6 Å². The predicted octanol–water partition coefficient (Wildman–Crippen LogP) is 3.16. The molecular weight excluding hydrogens is 236 g/mol. The third-order valence-electron chi connectivity index (χ3n) is 1.55. The summed E-state index contributed by atoms with van der Waals surface area (Å²) in [5, 5.41) is 0. The standard InChI is InChI=1S/C8H11BrN2S/c1-3-4-6-7(9)8(12)11-5(2)10-6/h3-4H2,1-2H3,(H,10,11,12). The Morgan fingerprint density at radius 1 is 1.58 bits per heavy atom. The number of rotatable bonds is 2. The van der Waals surface area contributed by atoms with Crippen LogP contribution < -0.4 is 0 Å². The van der Waals surface area contributed by atoms with E-state index in [0.717, 1.165) is 28.8 Å². The third-order valence-corrected chi connectivity index (χ3v) is 2.97. The molecule has 1 heterocycles. The number of hydrogen-bond donors (Lipinski definition) is 1. The van der Waals surface area contributed by atoms with Crippen molar-refractivity contribution >= 4 is 28.1 Å². The molecule has 1 aromatic heterocycles. The molecule has 0 aliphatic carbocycles. The van der Waals surface area contributed by atoms with Gasteiger partial charge in [-0.3, -0.25) is 0 Å². The Balaban J connectivity index is 3.18. The van der Waals surface area contributed by atoms with Gasteiger partial charge in [0.25, 0.3) is 0 Å². The van der Waals surface area contributed by atoms with E-state index in [-0.39, 0.29) is 0 Å². The summed E-state index contributed by atoms with van der Waals surface area (Å²) in [6.45, 7) is 4.06. The molecule has 1 aromatic rings. The Bertz CT molecular complexity index is 332. The van der Waals surface area contributed by atoms with Crippen molar-refractivity contribution in [2.24, 2.45) is 0 Å². The van der Waals surface area contributed by atoms with Gasteiger partial charge >= 0.3 is 0 Å². The zero-order valence-corrected chi connectivity index (χ0v) is 9.55. The van der Waals surface area contributed by atoms with Crippen LogP contribution in [0.5, 0.6) is 0 Å². The van der Waals surface area contributed by atoms with E-state index in [9.17, 15) is 0 Å². The Morgan fingerprint density at radius 2 is 2.25 bits per heavy atom. The minimum atomic E-state index is 0.648. The lowest BCUT2D eigenvalue weighted by molar-refractivity contribution is 0.845. The molecule has 0 bridgehead atoms. The zero-order chi connectivity index (χ0) is 9.14. The summed E-state index contributed by atoms with van der Waals surface area (Å²) < 4.78 is 1.58. The lowest BCUT2D eigenvalue weighted by atomic mass is 10.2. The van der Waals surface area contributed by atoms with Crippen molar-refractivity contribution in [1.29, 1.82) is 0 Å². The number of H-pyrrole nitrogens is 1. The molecule has 0 saturated heterocycles. The molecule has 0 unspecified atom stereocenters. The summed E-state index contributed by atoms with van der Waals surface area (Å²) in [5.41, 5.74) is 1.15. The smallest absolute Gasteiger partial charge is 0.144 e. The van der Waals surface area contributed by atoms with Gasteiger partial charge in [-0.25, -0.2) is 4.98 Å². The van der Waals surface area contributed by atoms with Crippen LogP contribution in [0, 0.1) is 11.6 Å². The first-order chi connectivity index (χ1) is 5.65. The number of aryl methyl sites for hydroxylation is 2. The maximum atomic E-state index is 5.06. The first kappa shape index (κ1) is 9.86. The van der Waals surface area contributed by atoms with Gasteiger partial charge in [0.05, 0.1) is 4.47 Å². The minimum absolute atomic E-state index is 0.648. The molecule has 1 rings (SSSR count). The molecule has 1 N–H and O–H groups in total. The summed E-state index contributed by atoms with van der Waals surface area (Å²) in [5.74, 6) is 0.881. The van der Waals surface area contributed by atoms with Gasteiger partial charge in [-0.15, -0.1) is 0 Å². The van der Waals surface area contributed by atoms with Crippen LogP contribution in [0.2, 0.25) is 0 Å². The molecule has 66 valence electrons. The van der Waals surface area contributed by atoms with Crippen molar-refractivity contribution in [3.8, 4) is 0 Å². The first-order valence-corrected chi connectivity index (χ1v) is 5.10. The van der Waals surface area contributed by atoms with E-state index in [1.807, 2.05) is 6.92 Å². The van der Waals surface area contributed by atoms with Crippen LogP contribution in [0.15, 0.2) is 4.47 Å². The second-order valence-electron chi connectivity index (χ2n) is 2.67. The van der Waals surface area contributed by atoms with Gasteiger partial charge in [0, 0.05) is 5.69 Å². The highest BCUT2D eigenvalue weighted by Crippen LogP contribution is 2.16. The second kappa shape index (κ2) is 4.14. The van der Waals surface area contributed by atoms with E-state index in [4.69, 9.17) is 12.2 Å². The topological polar surface area (TPSA) is 28.7 Å². The van der Waals surface area contributed by atoms with Gasteiger partial charge in [0.2, 0.25) is 0 Å². The van der Waals surface area contributed by atoms with Crippen molar-refractivity contribution in [3.63, 3.8) is 0 Å². The quantitative estimate of drug-likeness (QED) is 0.813. The Morgan fingerprint density at radius 3 is 2.83 bits per heavy atom. The normalized spacial score (nSPS) is 10.2. The van der Waals surface area contributed by atoms with Gasteiger partial charge in [0.15, 0.2) is 0 Å². The minimum Gasteiger partial charge on any atom is -0.346 e. The molecule has 0 amide bonds. The third kappa shape index (κ3) is 2.14. The molecule has 0 aromatic carbocycles. The zero-order valence-electron chi connectivity index (χ0n) is 7.15. The van der Waals surface area contributed by atoms with E-state index in [1.165, 1.54) is 0 Å². The lowest BCUT2D eigenvalue weighted by Gasteiger charge is -2.03. The molecular formula is C8H11BrN2S. The van der Waals surface area contributed by atoms with Gasteiger partial charge in [-0.2, -0.15) is 0 Å². The SMILES string of the molecule is CCCc1[nH]c(C)nc(=S)c1Br. The highest BCUT2D eigenvalue weighted by Gasteiger charge is 2.02.